The number of rotatable bonds is 7. The van der Waals surface area contributed by atoms with Crippen molar-refractivity contribution in [3.63, 3.8) is 0 Å². The number of halogens is 3. The number of aromatic carboxylic acids is 1. The van der Waals surface area contributed by atoms with E-state index in [4.69, 9.17) is 32.5 Å². The first-order chi connectivity index (χ1) is 19.2. The SMILES string of the molecule is O=C(O)c1cc(F)c2nc(C3(O)C4CC(OCc5c(-c6c(Cl)cccc6Cl)noc5C5CC5)CC3C4=O)sc2c1. The highest BCUT2D eigenvalue weighted by Crippen LogP contribution is 2.58. The Hall–Kier alpha value is -2.89. The van der Waals surface area contributed by atoms with E-state index in [2.05, 4.69) is 10.1 Å². The molecule has 2 heterocycles. The maximum atomic E-state index is 14.6. The maximum Gasteiger partial charge on any atom is 0.335 e. The van der Waals surface area contributed by atoms with Crippen LogP contribution in [-0.4, -0.2) is 38.2 Å². The number of fused-ring (bicyclic) bond motifs is 3. The Morgan fingerprint density at radius 3 is 2.55 bits per heavy atom. The summed E-state index contributed by atoms with van der Waals surface area (Å²) in [5.41, 5.74) is 0.0998. The van der Waals surface area contributed by atoms with Gasteiger partial charge in [-0.1, -0.05) is 34.4 Å². The van der Waals surface area contributed by atoms with Crippen LogP contribution in [0.5, 0.6) is 0 Å². The van der Waals surface area contributed by atoms with Crippen LogP contribution in [0.4, 0.5) is 4.39 Å². The molecule has 2 aromatic carbocycles. The van der Waals surface area contributed by atoms with E-state index in [0.717, 1.165) is 41.6 Å². The molecule has 0 radical (unpaired) electrons. The highest BCUT2D eigenvalue weighted by molar-refractivity contribution is 7.18. The lowest BCUT2D eigenvalue weighted by molar-refractivity contribution is -0.209. The van der Waals surface area contributed by atoms with Crippen molar-refractivity contribution in [1.29, 1.82) is 0 Å². The summed E-state index contributed by atoms with van der Waals surface area (Å²) in [5, 5.41) is 26.3. The van der Waals surface area contributed by atoms with Crippen molar-refractivity contribution in [1.82, 2.24) is 10.1 Å². The third-order valence-electron chi connectivity index (χ3n) is 8.21. The number of Topliss-reactive ketones (excluding diaryl/α,β-unsaturated/α-hetero) is 1. The summed E-state index contributed by atoms with van der Waals surface area (Å²) < 4.78 is 26.9. The molecular weight excluding hydrogens is 582 g/mol. The number of benzene rings is 2. The zero-order valence-corrected chi connectivity index (χ0v) is 23.0. The van der Waals surface area contributed by atoms with E-state index >= 15 is 0 Å². The number of hydrogen-bond donors (Lipinski definition) is 2. The molecule has 0 spiro atoms. The number of aliphatic hydroxyl groups is 1. The van der Waals surface area contributed by atoms with Gasteiger partial charge >= 0.3 is 5.97 Å². The second-order valence-corrected chi connectivity index (χ2v) is 12.5. The summed E-state index contributed by atoms with van der Waals surface area (Å²) >= 11 is 13.9. The first-order valence-corrected chi connectivity index (χ1v) is 14.4. The van der Waals surface area contributed by atoms with Crippen LogP contribution < -0.4 is 0 Å². The molecule has 2 atom stereocenters. The molecule has 2 bridgehead atoms. The lowest BCUT2D eigenvalue weighted by Gasteiger charge is -2.55. The van der Waals surface area contributed by atoms with Gasteiger partial charge in [0.1, 0.15) is 33.4 Å². The number of nitrogens with zero attached hydrogens (tertiary/aromatic N) is 2. The fraction of sp³-hybridized carbons (Fsp3) is 0.357. The average Bonchev–Trinajstić information content (AvgIpc) is 3.53. The fourth-order valence-electron chi connectivity index (χ4n) is 6.00. The number of carbonyl (C=O) groups is 2. The minimum Gasteiger partial charge on any atom is -0.478 e. The smallest absolute Gasteiger partial charge is 0.335 e. The fourth-order valence-corrected chi connectivity index (χ4v) is 7.80. The number of ether oxygens (including phenoxy) is 1. The highest BCUT2D eigenvalue weighted by atomic mass is 35.5. The average molecular weight is 603 g/mol. The number of aromatic nitrogens is 2. The van der Waals surface area contributed by atoms with Gasteiger partial charge in [-0.05, 0) is 49.9 Å². The largest absolute Gasteiger partial charge is 0.478 e. The van der Waals surface area contributed by atoms with Crippen LogP contribution in [-0.2, 0) is 21.7 Å². The number of carboxylic acids is 1. The molecule has 0 aliphatic heterocycles. The van der Waals surface area contributed by atoms with Crippen LogP contribution in [0.2, 0.25) is 10.0 Å². The van der Waals surface area contributed by atoms with E-state index in [1.54, 1.807) is 18.2 Å². The summed E-state index contributed by atoms with van der Waals surface area (Å²) in [6.45, 7) is 0.174. The van der Waals surface area contributed by atoms with Crippen LogP contribution in [0.15, 0.2) is 34.9 Å². The van der Waals surface area contributed by atoms with Crippen molar-refractivity contribution in [2.24, 2.45) is 11.8 Å². The molecular formula is C28H21Cl2FN2O6S. The Kier molecular flexibility index (Phi) is 6.07. The minimum absolute atomic E-state index is 0.0190. The molecule has 8 nitrogen and oxygen atoms in total. The van der Waals surface area contributed by atoms with Crippen LogP contribution in [0, 0.1) is 17.7 Å². The van der Waals surface area contributed by atoms with Crippen molar-refractivity contribution < 1.29 is 33.5 Å². The van der Waals surface area contributed by atoms with Gasteiger partial charge in [-0.3, -0.25) is 4.79 Å². The van der Waals surface area contributed by atoms with E-state index in [1.165, 1.54) is 6.07 Å². The van der Waals surface area contributed by atoms with Gasteiger partial charge in [-0.25, -0.2) is 14.2 Å². The van der Waals surface area contributed by atoms with Crippen molar-refractivity contribution in [2.75, 3.05) is 0 Å². The quantitative estimate of drug-likeness (QED) is 0.251. The summed E-state index contributed by atoms with van der Waals surface area (Å²) in [7, 11) is 0. The van der Waals surface area contributed by atoms with E-state index in [0.29, 0.717) is 26.0 Å². The van der Waals surface area contributed by atoms with Crippen LogP contribution in [0.1, 0.15) is 58.3 Å². The lowest BCUT2D eigenvalue weighted by atomic mass is 9.52. The Morgan fingerprint density at radius 1 is 1.20 bits per heavy atom. The molecule has 2 unspecified atom stereocenters. The molecule has 4 fully saturated rings. The van der Waals surface area contributed by atoms with Crippen molar-refractivity contribution >= 4 is 56.5 Å². The Balaban J connectivity index is 1.13. The zero-order chi connectivity index (χ0) is 27.9. The number of carbonyl (C=O) groups excluding carboxylic acids is 1. The molecule has 0 saturated heterocycles. The molecule has 2 aromatic heterocycles. The number of carboxylic acid groups (broad SMARTS) is 1. The van der Waals surface area contributed by atoms with Gasteiger partial charge in [-0.2, -0.15) is 0 Å². The van der Waals surface area contributed by atoms with E-state index in [-0.39, 0.29) is 53.3 Å². The predicted octanol–water partition coefficient (Wildman–Crippen LogP) is 6.35. The molecule has 4 aliphatic rings. The van der Waals surface area contributed by atoms with Gasteiger partial charge in [0.05, 0.1) is 44.9 Å². The second kappa shape index (κ2) is 9.32. The molecule has 2 N–H and O–H groups in total. The molecule has 4 aromatic rings. The Morgan fingerprint density at radius 2 is 1.90 bits per heavy atom. The van der Waals surface area contributed by atoms with Crippen molar-refractivity contribution in [3.8, 4) is 11.3 Å². The summed E-state index contributed by atoms with van der Waals surface area (Å²) in [6, 6.07) is 7.45. The van der Waals surface area contributed by atoms with Gasteiger partial charge in [0, 0.05) is 17.0 Å². The van der Waals surface area contributed by atoms with Crippen molar-refractivity contribution in [2.45, 2.75) is 49.9 Å². The van der Waals surface area contributed by atoms with Gasteiger partial charge in [-0.15, -0.1) is 11.3 Å². The molecule has 4 aliphatic carbocycles. The van der Waals surface area contributed by atoms with Crippen molar-refractivity contribution in [3.05, 3.63) is 68.1 Å². The standard InChI is InChI=1S/C28H21Cl2FN2O6S/c29-17-2-1-3-18(30)21(17)22-14(25(39-33-22)11-4-5-11)10-38-13-8-15-24(34)16(9-13)28(15,37)27-32-23-19(31)6-12(26(35)36)7-20(23)40-27/h1-3,6-7,11,13,15-16,37H,4-5,8-10H2,(H,35,36). The number of hydrogen-bond acceptors (Lipinski definition) is 8. The topological polar surface area (TPSA) is 123 Å². The van der Waals surface area contributed by atoms with E-state index < -0.39 is 29.2 Å². The van der Waals surface area contributed by atoms with Crippen LogP contribution >= 0.6 is 34.5 Å². The van der Waals surface area contributed by atoms with Gasteiger partial charge in [0.15, 0.2) is 5.82 Å². The summed E-state index contributed by atoms with van der Waals surface area (Å²) in [4.78, 5) is 28.5. The number of thiazole rings is 1. The van der Waals surface area contributed by atoms with Gasteiger partial charge < -0.3 is 19.5 Å². The second-order valence-electron chi connectivity index (χ2n) is 10.6. The van der Waals surface area contributed by atoms with Gasteiger partial charge in [0.25, 0.3) is 0 Å². The molecule has 206 valence electrons. The predicted molar refractivity (Wildman–Crippen MR) is 144 cm³/mol. The lowest BCUT2D eigenvalue weighted by Crippen LogP contribution is -2.65. The molecule has 4 saturated carbocycles. The normalized spacial score (nSPS) is 25.8. The summed E-state index contributed by atoms with van der Waals surface area (Å²) in [5.74, 6) is -2.65. The Labute approximate surface area is 240 Å². The van der Waals surface area contributed by atoms with E-state index in [9.17, 15) is 24.2 Å². The van der Waals surface area contributed by atoms with Crippen LogP contribution in [0.25, 0.3) is 21.5 Å². The van der Waals surface area contributed by atoms with Crippen LogP contribution in [0.3, 0.4) is 0 Å². The Bertz CT molecular complexity index is 1680. The van der Waals surface area contributed by atoms with E-state index in [1.807, 2.05) is 0 Å². The van der Waals surface area contributed by atoms with Gasteiger partial charge in [0.2, 0.25) is 0 Å². The maximum absolute atomic E-state index is 14.6. The molecule has 40 heavy (non-hydrogen) atoms. The third-order valence-corrected chi connectivity index (χ3v) is 9.99. The number of ketones is 1. The first-order valence-electron chi connectivity index (χ1n) is 12.8. The third kappa shape index (κ3) is 3.92. The molecule has 0 amide bonds. The highest BCUT2D eigenvalue weighted by Gasteiger charge is 2.67. The monoisotopic (exact) mass is 602 g/mol. The molecule has 12 heteroatoms. The first kappa shape index (κ1) is 26.0. The minimum atomic E-state index is -1.55. The zero-order valence-electron chi connectivity index (χ0n) is 20.7. The molecule has 8 rings (SSSR count). The summed E-state index contributed by atoms with van der Waals surface area (Å²) in [6.07, 6.45) is 2.18.